The van der Waals surface area contributed by atoms with Crippen molar-refractivity contribution >= 4 is 5.69 Å². The van der Waals surface area contributed by atoms with Gasteiger partial charge in [0, 0.05) is 13.2 Å². The number of anilines is 1. The Bertz CT molecular complexity index is 302. The van der Waals surface area contributed by atoms with Gasteiger partial charge in [0.15, 0.2) is 0 Å². The maximum Gasteiger partial charge on any atom is 0.213 e. The van der Waals surface area contributed by atoms with E-state index in [1.807, 2.05) is 19.9 Å². The van der Waals surface area contributed by atoms with Crippen LogP contribution in [0.2, 0.25) is 0 Å². The highest BCUT2D eigenvalue weighted by Gasteiger charge is 2.05. The lowest BCUT2D eigenvalue weighted by molar-refractivity contribution is 0.0889. The molecule has 4 nitrogen and oxygen atoms in total. The lowest BCUT2D eigenvalue weighted by atomic mass is 10.2. The lowest BCUT2D eigenvalue weighted by Crippen LogP contribution is -2.18. The van der Waals surface area contributed by atoms with E-state index in [-0.39, 0.29) is 6.10 Å². The second-order valence-corrected chi connectivity index (χ2v) is 3.26. The Morgan fingerprint density at radius 2 is 2.29 bits per heavy atom. The molecule has 2 N–H and O–H groups in total. The van der Waals surface area contributed by atoms with E-state index in [2.05, 4.69) is 4.98 Å². The second kappa shape index (κ2) is 4.81. The number of pyridine rings is 1. The van der Waals surface area contributed by atoms with Crippen molar-refractivity contribution < 1.29 is 9.47 Å². The average Bonchev–Trinajstić information content (AvgIpc) is 2.12. The minimum atomic E-state index is -0.00414. The van der Waals surface area contributed by atoms with Gasteiger partial charge in [-0.15, -0.1) is 0 Å². The summed E-state index contributed by atoms with van der Waals surface area (Å²) < 4.78 is 10.5. The maximum atomic E-state index is 5.64. The van der Waals surface area contributed by atoms with Crippen LogP contribution in [0.3, 0.4) is 0 Å². The van der Waals surface area contributed by atoms with Crippen molar-refractivity contribution in [3.63, 3.8) is 0 Å². The zero-order valence-corrected chi connectivity index (χ0v) is 8.78. The number of nitrogens with two attached hydrogens (primary N) is 1. The Kier molecular flexibility index (Phi) is 3.71. The summed E-state index contributed by atoms with van der Waals surface area (Å²) >= 11 is 0. The highest BCUT2D eigenvalue weighted by molar-refractivity contribution is 5.45. The minimum Gasteiger partial charge on any atom is -0.472 e. The molecule has 78 valence electrons. The zero-order valence-electron chi connectivity index (χ0n) is 8.78. The fraction of sp³-hybridized carbons (Fsp3) is 0.500. The van der Waals surface area contributed by atoms with Crippen LogP contribution in [0.5, 0.6) is 5.88 Å². The first-order chi connectivity index (χ1) is 6.63. The highest BCUT2D eigenvalue weighted by atomic mass is 16.5. The van der Waals surface area contributed by atoms with Crippen LogP contribution in [0.4, 0.5) is 5.69 Å². The van der Waals surface area contributed by atoms with E-state index in [9.17, 15) is 0 Å². The Labute approximate surface area is 84.0 Å². The Morgan fingerprint density at radius 1 is 1.57 bits per heavy atom. The van der Waals surface area contributed by atoms with Gasteiger partial charge in [-0.25, -0.2) is 4.98 Å². The number of nitrogens with zero attached hydrogens (tertiary/aromatic N) is 1. The van der Waals surface area contributed by atoms with E-state index < -0.39 is 0 Å². The van der Waals surface area contributed by atoms with Crippen LogP contribution >= 0.6 is 0 Å². The number of methoxy groups -OCH3 is 1. The van der Waals surface area contributed by atoms with Gasteiger partial charge in [0.1, 0.15) is 6.10 Å². The van der Waals surface area contributed by atoms with Crippen LogP contribution in [0.25, 0.3) is 0 Å². The molecular formula is C10H16N2O2. The summed E-state index contributed by atoms with van der Waals surface area (Å²) in [5, 5.41) is 0. The predicted molar refractivity (Wildman–Crippen MR) is 55.4 cm³/mol. The smallest absolute Gasteiger partial charge is 0.213 e. The molecule has 0 aliphatic heterocycles. The monoisotopic (exact) mass is 196 g/mol. The average molecular weight is 196 g/mol. The van der Waals surface area contributed by atoms with Crippen molar-refractivity contribution in [1.29, 1.82) is 0 Å². The molecule has 0 spiro atoms. The molecule has 1 aromatic rings. The first-order valence-electron chi connectivity index (χ1n) is 4.51. The maximum absolute atomic E-state index is 5.64. The molecule has 1 heterocycles. The molecule has 0 aromatic carbocycles. The standard InChI is InChI=1S/C10H16N2O2/c1-7-4-10(12-5-9(7)11)14-8(2)6-13-3/h4-5,8H,6,11H2,1-3H3. The number of hydrogen-bond acceptors (Lipinski definition) is 4. The van der Waals surface area contributed by atoms with Crippen molar-refractivity contribution in [1.82, 2.24) is 4.98 Å². The highest BCUT2D eigenvalue weighted by Crippen LogP contribution is 2.15. The number of hydrogen-bond donors (Lipinski definition) is 1. The van der Waals surface area contributed by atoms with E-state index in [1.165, 1.54) is 0 Å². The summed E-state index contributed by atoms with van der Waals surface area (Å²) in [6.45, 7) is 4.40. The number of aryl methyl sites for hydroxylation is 1. The summed E-state index contributed by atoms with van der Waals surface area (Å²) in [6.07, 6.45) is 1.60. The molecule has 0 aliphatic rings. The molecule has 1 aromatic heterocycles. The molecule has 0 fully saturated rings. The zero-order chi connectivity index (χ0) is 10.6. The van der Waals surface area contributed by atoms with Crippen LogP contribution in [0.15, 0.2) is 12.3 Å². The topological polar surface area (TPSA) is 57.4 Å². The number of ether oxygens (including phenoxy) is 2. The fourth-order valence-corrected chi connectivity index (χ4v) is 1.08. The van der Waals surface area contributed by atoms with E-state index >= 15 is 0 Å². The molecule has 1 atom stereocenters. The fourth-order valence-electron chi connectivity index (χ4n) is 1.08. The molecule has 0 radical (unpaired) electrons. The molecule has 1 rings (SSSR count). The van der Waals surface area contributed by atoms with Crippen molar-refractivity contribution in [3.05, 3.63) is 17.8 Å². The molecule has 0 saturated heterocycles. The van der Waals surface area contributed by atoms with Crippen LogP contribution < -0.4 is 10.5 Å². The predicted octanol–water partition coefficient (Wildman–Crippen LogP) is 1.39. The van der Waals surface area contributed by atoms with Gasteiger partial charge in [-0.1, -0.05) is 0 Å². The Morgan fingerprint density at radius 3 is 2.86 bits per heavy atom. The van der Waals surface area contributed by atoms with Gasteiger partial charge in [0.25, 0.3) is 0 Å². The van der Waals surface area contributed by atoms with Gasteiger partial charge < -0.3 is 15.2 Å². The van der Waals surface area contributed by atoms with Crippen LogP contribution in [0.1, 0.15) is 12.5 Å². The first kappa shape index (κ1) is 10.8. The molecular weight excluding hydrogens is 180 g/mol. The molecule has 0 saturated carbocycles. The molecule has 0 aliphatic carbocycles. The number of rotatable bonds is 4. The van der Waals surface area contributed by atoms with Crippen molar-refractivity contribution in [3.8, 4) is 5.88 Å². The van der Waals surface area contributed by atoms with Gasteiger partial charge in [0.05, 0.1) is 18.5 Å². The van der Waals surface area contributed by atoms with Crippen LogP contribution in [-0.4, -0.2) is 24.8 Å². The molecule has 4 heteroatoms. The van der Waals surface area contributed by atoms with Gasteiger partial charge in [-0.3, -0.25) is 0 Å². The third-order valence-corrected chi connectivity index (χ3v) is 1.85. The van der Waals surface area contributed by atoms with E-state index in [1.54, 1.807) is 13.3 Å². The molecule has 1 unspecified atom stereocenters. The summed E-state index contributed by atoms with van der Waals surface area (Å²) in [7, 11) is 1.64. The Balaban J connectivity index is 2.63. The number of nitrogen functional groups attached to an aromatic ring is 1. The summed E-state index contributed by atoms with van der Waals surface area (Å²) in [5.74, 6) is 0.584. The van der Waals surface area contributed by atoms with Gasteiger partial charge in [-0.2, -0.15) is 0 Å². The van der Waals surface area contributed by atoms with Crippen molar-refractivity contribution in [2.24, 2.45) is 0 Å². The number of aromatic nitrogens is 1. The SMILES string of the molecule is COCC(C)Oc1cc(C)c(N)cn1. The van der Waals surface area contributed by atoms with Crippen molar-refractivity contribution in [2.45, 2.75) is 20.0 Å². The third-order valence-electron chi connectivity index (χ3n) is 1.85. The van der Waals surface area contributed by atoms with E-state index in [0.717, 1.165) is 5.56 Å². The second-order valence-electron chi connectivity index (χ2n) is 3.26. The van der Waals surface area contributed by atoms with E-state index in [4.69, 9.17) is 15.2 Å². The van der Waals surface area contributed by atoms with Gasteiger partial charge in [0.2, 0.25) is 5.88 Å². The lowest BCUT2D eigenvalue weighted by Gasteiger charge is -2.13. The summed E-state index contributed by atoms with van der Waals surface area (Å²) in [5.41, 5.74) is 7.28. The van der Waals surface area contributed by atoms with E-state index in [0.29, 0.717) is 18.2 Å². The molecule has 0 bridgehead atoms. The normalized spacial score (nSPS) is 12.5. The largest absolute Gasteiger partial charge is 0.472 e. The quantitative estimate of drug-likeness (QED) is 0.790. The molecule has 0 amide bonds. The first-order valence-corrected chi connectivity index (χ1v) is 4.51. The van der Waals surface area contributed by atoms with Crippen LogP contribution in [-0.2, 0) is 4.74 Å². The minimum absolute atomic E-state index is 0.00414. The summed E-state index contributed by atoms with van der Waals surface area (Å²) in [4.78, 5) is 4.06. The van der Waals surface area contributed by atoms with Crippen LogP contribution in [0, 0.1) is 6.92 Å². The molecule has 14 heavy (non-hydrogen) atoms. The Hall–Kier alpha value is -1.29. The summed E-state index contributed by atoms with van der Waals surface area (Å²) in [6, 6.07) is 1.82. The van der Waals surface area contributed by atoms with Gasteiger partial charge >= 0.3 is 0 Å². The van der Waals surface area contributed by atoms with Gasteiger partial charge in [-0.05, 0) is 19.4 Å². The third kappa shape index (κ3) is 2.88. The van der Waals surface area contributed by atoms with Crippen molar-refractivity contribution in [2.75, 3.05) is 19.5 Å².